The first kappa shape index (κ1) is 29.2. The number of ether oxygens (including phenoxy) is 2. The van der Waals surface area contributed by atoms with Crippen LogP contribution in [0.15, 0.2) is 30.3 Å². The van der Waals surface area contributed by atoms with E-state index in [1.807, 2.05) is 6.07 Å². The van der Waals surface area contributed by atoms with Gasteiger partial charge in [0.25, 0.3) is 11.8 Å². The van der Waals surface area contributed by atoms with Crippen LogP contribution in [-0.4, -0.2) is 56.8 Å². The molecule has 0 aliphatic carbocycles. The molecule has 10 heteroatoms. The van der Waals surface area contributed by atoms with Crippen molar-refractivity contribution in [3.63, 3.8) is 0 Å². The predicted molar refractivity (Wildman–Crippen MR) is 144 cm³/mol. The molecule has 1 aliphatic rings. The van der Waals surface area contributed by atoms with Gasteiger partial charge in [-0.1, -0.05) is 38.0 Å². The molecule has 3 amide bonds. The molecule has 0 spiro atoms. The molecule has 0 radical (unpaired) electrons. The van der Waals surface area contributed by atoms with Gasteiger partial charge in [-0.25, -0.2) is 8.42 Å². The fraction of sp³-hybridized carbons (Fsp3) is 0.464. The number of amides is 3. The first-order valence-electron chi connectivity index (χ1n) is 12.8. The van der Waals surface area contributed by atoms with Gasteiger partial charge < -0.3 is 14.8 Å². The molecule has 0 saturated heterocycles. The SMILES string of the molecule is CCCCCc1ccc(CNC(C)=O)c2c1C(=O)N([C@H](CS(C)(=O)=O)c1ccc(OC)c(OCC)c1)C2=O. The highest BCUT2D eigenvalue weighted by molar-refractivity contribution is 7.90. The number of nitrogens with one attached hydrogen (secondary N) is 1. The van der Waals surface area contributed by atoms with Crippen LogP contribution in [0.25, 0.3) is 0 Å². The molecule has 0 saturated carbocycles. The number of unbranched alkanes of at least 4 members (excludes halogenated alkanes) is 2. The van der Waals surface area contributed by atoms with Crippen molar-refractivity contribution < 1.29 is 32.3 Å². The Morgan fingerprint density at radius 3 is 2.24 bits per heavy atom. The Morgan fingerprint density at radius 2 is 1.66 bits per heavy atom. The zero-order chi connectivity index (χ0) is 28.0. The van der Waals surface area contributed by atoms with E-state index in [-0.39, 0.29) is 23.6 Å². The van der Waals surface area contributed by atoms with Gasteiger partial charge in [-0.3, -0.25) is 19.3 Å². The molecule has 0 aromatic heterocycles. The number of methoxy groups -OCH3 is 1. The number of fused-ring (bicyclic) bond motifs is 1. The monoisotopic (exact) mass is 544 g/mol. The normalized spacial score (nSPS) is 13.9. The van der Waals surface area contributed by atoms with Crippen molar-refractivity contribution in [1.82, 2.24) is 10.2 Å². The van der Waals surface area contributed by atoms with E-state index >= 15 is 0 Å². The summed E-state index contributed by atoms with van der Waals surface area (Å²) in [4.78, 5) is 40.5. The van der Waals surface area contributed by atoms with Crippen LogP contribution in [0.1, 0.15) is 83.5 Å². The first-order chi connectivity index (χ1) is 18.0. The lowest BCUT2D eigenvalue weighted by Crippen LogP contribution is -2.38. The summed E-state index contributed by atoms with van der Waals surface area (Å²) in [6.45, 7) is 5.69. The van der Waals surface area contributed by atoms with Crippen molar-refractivity contribution in [2.75, 3.05) is 25.7 Å². The summed E-state index contributed by atoms with van der Waals surface area (Å²) in [5, 5.41) is 2.70. The summed E-state index contributed by atoms with van der Waals surface area (Å²) in [6.07, 6.45) is 4.49. The van der Waals surface area contributed by atoms with Crippen LogP contribution in [0.3, 0.4) is 0 Å². The van der Waals surface area contributed by atoms with Crippen molar-refractivity contribution in [3.05, 3.63) is 58.1 Å². The second-order valence-electron chi connectivity index (χ2n) is 9.43. The van der Waals surface area contributed by atoms with Crippen LogP contribution >= 0.6 is 0 Å². The summed E-state index contributed by atoms with van der Waals surface area (Å²) in [7, 11) is -2.13. The number of hydrogen-bond donors (Lipinski definition) is 1. The topological polar surface area (TPSA) is 119 Å². The molecule has 0 fully saturated rings. The minimum Gasteiger partial charge on any atom is -0.493 e. The van der Waals surface area contributed by atoms with Crippen molar-refractivity contribution in [1.29, 1.82) is 0 Å². The van der Waals surface area contributed by atoms with Crippen molar-refractivity contribution in [3.8, 4) is 11.5 Å². The Labute approximate surface area is 224 Å². The fourth-order valence-corrected chi connectivity index (χ4v) is 5.63. The highest BCUT2D eigenvalue weighted by atomic mass is 32.2. The zero-order valence-corrected chi connectivity index (χ0v) is 23.4. The first-order valence-corrected chi connectivity index (χ1v) is 14.8. The zero-order valence-electron chi connectivity index (χ0n) is 22.6. The quantitative estimate of drug-likeness (QED) is 0.301. The van der Waals surface area contributed by atoms with Crippen LogP contribution in [0.5, 0.6) is 11.5 Å². The van der Waals surface area contributed by atoms with Crippen LogP contribution in [-0.2, 0) is 27.6 Å². The second-order valence-corrected chi connectivity index (χ2v) is 11.6. The van der Waals surface area contributed by atoms with E-state index in [1.165, 1.54) is 14.0 Å². The number of aryl methyl sites for hydroxylation is 1. The lowest BCUT2D eigenvalue weighted by Gasteiger charge is -2.27. The molecule has 9 nitrogen and oxygen atoms in total. The second kappa shape index (κ2) is 12.4. The summed E-state index contributed by atoms with van der Waals surface area (Å²) in [5.41, 5.74) is 2.19. The molecule has 1 N–H and O–H groups in total. The molecule has 0 bridgehead atoms. The lowest BCUT2D eigenvalue weighted by molar-refractivity contribution is -0.119. The Morgan fingerprint density at radius 1 is 1.00 bits per heavy atom. The van der Waals surface area contributed by atoms with Gasteiger partial charge in [0.1, 0.15) is 9.84 Å². The average molecular weight is 545 g/mol. The van der Waals surface area contributed by atoms with E-state index in [2.05, 4.69) is 12.2 Å². The van der Waals surface area contributed by atoms with Crippen molar-refractivity contribution in [2.45, 2.75) is 59.0 Å². The maximum Gasteiger partial charge on any atom is 0.262 e. The summed E-state index contributed by atoms with van der Waals surface area (Å²) >= 11 is 0. The highest BCUT2D eigenvalue weighted by Gasteiger charge is 2.44. The predicted octanol–water partition coefficient (Wildman–Crippen LogP) is 3.84. The Bertz CT molecular complexity index is 1320. The minimum atomic E-state index is -3.62. The molecule has 1 heterocycles. The molecule has 0 unspecified atom stereocenters. The minimum absolute atomic E-state index is 0.0769. The summed E-state index contributed by atoms with van der Waals surface area (Å²) in [6, 6.07) is 7.39. The van der Waals surface area contributed by atoms with Gasteiger partial charge in [-0.15, -0.1) is 0 Å². The summed E-state index contributed by atoms with van der Waals surface area (Å²) in [5.74, 6) is -1.01. The Hall–Kier alpha value is -3.40. The molecule has 206 valence electrons. The number of sulfone groups is 1. The third-order valence-corrected chi connectivity index (χ3v) is 7.39. The molecular formula is C28H36N2O7S. The molecule has 1 atom stereocenters. The van der Waals surface area contributed by atoms with Gasteiger partial charge in [0.15, 0.2) is 11.5 Å². The molecule has 3 rings (SSSR count). The maximum absolute atomic E-state index is 14.0. The Balaban J connectivity index is 2.16. The van der Waals surface area contributed by atoms with Crippen LogP contribution < -0.4 is 14.8 Å². The number of hydrogen-bond acceptors (Lipinski definition) is 7. The number of carbonyl (C=O) groups excluding carboxylic acids is 3. The molecule has 1 aliphatic heterocycles. The molecule has 2 aromatic rings. The Kier molecular flexibility index (Phi) is 9.54. The number of nitrogens with zero attached hydrogens (tertiary/aromatic N) is 1. The largest absolute Gasteiger partial charge is 0.493 e. The van der Waals surface area contributed by atoms with Crippen LogP contribution in [0, 0.1) is 0 Å². The van der Waals surface area contributed by atoms with Gasteiger partial charge >= 0.3 is 0 Å². The van der Waals surface area contributed by atoms with E-state index in [1.54, 1.807) is 31.2 Å². The molecule has 38 heavy (non-hydrogen) atoms. The third-order valence-electron chi connectivity index (χ3n) is 6.47. The van der Waals surface area contributed by atoms with Gasteiger partial charge in [0, 0.05) is 19.7 Å². The number of carbonyl (C=O) groups is 3. The van der Waals surface area contributed by atoms with Crippen LogP contribution in [0.2, 0.25) is 0 Å². The van der Waals surface area contributed by atoms with Crippen molar-refractivity contribution in [2.24, 2.45) is 0 Å². The van der Waals surface area contributed by atoms with Gasteiger partial charge in [-0.05, 0) is 48.6 Å². The summed E-state index contributed by atoms with van der Waals surface area (Å²) < 4.78 is 36.1. The number of imide groups is 1. The van der Waals surface area contributed by atoms with Gasteiger partial charge in [0.05, 0.1) is 36.6 Å². The van der Waals surface area contributed by atoms with E-state index in [0.717, 1.165) is 36.0 Å². The molecule has 2 aromatic carbocycles. The third kappa shape index (κ3) is 6.53. The fourth-order valence-electron chi connectivity index (χ4n) is 4.71. The standard InChI is InChI=1S/C28H36N2O7S/c1-6-8-9-10-19-11-12-21(16-29-18(3)31)26-25(19)27(32)30(28(26)33)22(17-38(5,34)35)20-13-14-23(36-4)24(15-20)37-7-2/h11-15,22H,6-10,16-17H2,1-5H3,(H,29,31)/t22-/m1/s1. The molecular weight excluding hydrogens is 508 g/mol. The van der Waals surface area contributed by atoms with Gasteiger partial charge in [-0.2, -0.15) is 0 Å². The number of benzene rings is 2. The number of rotatable bonds is 13. The van der Waals surface area contributed by atoms with E-state index in [9.17, 15) is 22.8 Å². The van der Waals surface area contributed by atoms with Crippen molar-refractivity contribution >= 4 is 27.6 Å². The van der Waals surface area contributed by atoms with Crippen LogP contribution in [0.4, 0.5) is 0 Å². The van der Waals surface area contributed by atoms with E-state index in [0.29, 0.717) is 35.7 Å². The van der Waals surface area contributed by atoms with Gasteiger partial charge in [0.2, 0.25) is 5.91 Å². The average Bonchev–Trinajstić information content (AvgIpc) is 3.12. The lowest BCUT2D eigenvalue weighted by atomic mass is 9.94. The van der Waals surface area contributed by atoms with E-state index < -0.39 is 33.4 Å². The highest BCUT2D eigenvalue weighted by Crippen LogP contribution is 2.39. The smallest absolute Gasteiger partial charge is 0.262 e. The maximum atomic E-state index is 14.0. The van der Waals surface area contributed by atoms with E-state index in [4.69, 9.17) is 9.47 Å².